The van der Waals surface area contributed by atoms with E-state index < -0.39 is 5.54 Å². The van der Waals surface area contributed by atoms with Crippen molar-refractivity contribution in [1.29, 1.82) is 0 Å². The Kier molecular flexibility index (Phi) is 5.87. The van der Waals surface area contributed by atoms with Gasteiger partial charge >= 0.3 is 0 Å². The molecule has 1 N–H and O–H groups in total. The topological polar surface area (TPSA) is 46.2 Å². The van der Waals surface area contributed by atoms with Crippen LogP contribution in [0.5, 0.6) is 0 Å². The van der Waals surface area contributed by atoms with Gasteiger partial charge in [-0.1, -0.05) is 13.8 Å². The fourth-order valence-corrected chi connectivity index (χ4v) is 1.64. The zero-order chi connectivity index (χ0) is 12.9. The van der Waals surface area contributed by atoms with E-state index in [0.29, 0.717) is 12.8 Å². The predicted molar refractivity (Wildman–Crippen MR) is 66.4 cm³/mol. The summed E-state index contributed by atoms with van der Waals surface area (Å²) in [4.78, 5) is 23.3. The maximum Gasteiger partial charge on any atom is 0.152 e. The Bertz CT molecular complexity index is 255. The maximum absolute atomic E-state index is 11.9. The van der Waals surface area contributed by atoms with Gasteiger partial charge in [-0.15, -0.1) is 0 Å². The standard InChI is InChI=1S/C13H25NO2/c1-9(2)11(15)7-8-12(16)13(5,6)14-10(3)4/h9-10,14H,7-8H2,1-6H3. The maximum atomic E-state index is 11.9. The number of hydrogen-bond acceptors (Lipinski definition) is 3. The lowest BCUT2D eigenvalue weighted by molar-refractivity contribution is -0.128. The summed E-state index contributed by atoms with van der Waals surface area (Å²) in [6.45, 7) is 11.5. The summed E-state index contributed by atoms with van der Waals surface area (Å²) in [6.07, 6.45) is 0.698. The minimum absolute atomic E-state index is 0.0222. The number of rotatable bonds is 7. The molecule has 0 fully saturated rings. The molecule has 0 saturated carbocycles. The van der Waals surface area contributed by atoms with Crippen molar-refractivity contribution in [1.82, 2.24) is 5.32 Å². The van der Waals surface area contributed by atoms with Crippen LogP contribution in [0.15, 0.2) is 0 Å². The van der Waals surface area contributed by atoms with Crippen molar-refractivity contribution < 1.29 is 9.59 Å². The minimum Gasteiger partial charge on any atom is -0.303 e. The average molecular weight is 227 g/mol. The molecule has 0 aromatic heterocycles. The largest absolute Gasteiger partial charge is 0.303 e. The van der Waals surface area contributed by atoms with Crippen molar-refractivity contribution in [2.45, 2.75) is 66.0 Å². The van der Waals surface area contributed by atoms with E-state index >= 15 is 0 Å². The molecule has 3 nitrogen and oxygen atoms in total. The van der Waals surface area contributed by atoms with Crippen molar-refractivity contribution in [3.8, 4) is 0 Å². The van der Waals surface area contributed by atoms with E-state index in [4.69, 9.17) is 0 Å². The van der Waals surface area contributed by atoms with Gasteiger partial charge in [-0.3, -0.25) is 9.59 Å². The summed E-state index contributed by atoms with van der Waals surface area (Å²) in [7, 11) is 0. The predicted octanol–water partition coefficient (Wildman–Crippen LogP) is 2.34. The third-order valence-corrected chi connectivity index (χ3v) is 2.59. The summed E-state index contributed by atoms with van der Waals surface area (Å²) < 4.78 is 0. The zero-order valence-electron chi connectivity index (χ0n) is 11.4. The Balaban J connectivity index is 4.20. The number of carbonyl (C=O) groups excluding carboxylic acids is 2. The molecule has 0 amide bonds. The lowest BCUT2D eigenvalue weighted by Crippen LogP contribution is -2.49. The molecule has 0 aliphatic heterocycles. The van der Waals surface area contributed by atoms with Crippen molar-refractivity contribution >= 4 is 11.6 Å². The summed E-state index contributed by atoms with van der Waals surface area (Å²) in [6, 6.07) is 0.264. The highest BCUT2D eigenvalue weighted by Crippen LogP contribution is 2.11. The average Bonchev–Trinajstić information content (AvgIpc) is 2.10. The number of nitrogens with one attached hydrogen (secondary N) is 1. The molecule has 0 radical (unpaired) electrons. The molecule has 0 rings (SSSR count). The Morgan fingerprint density at radius 1 is 1.06 bits per heavy atom. The smallest absolute Gasteiger partial charge is 0.152 e. The van der Waals surface area contributed by atoms with Gasteiger partial charge in [0.2, 0.25) is 0 Å². The number of carbonyl (C=O) groups is 2. The van der Waals surface area contributed by atoms with Crippen LogP contribution >= 0.6 is 0 Å². The van der Waals surface area contributed by atoms with E-state index in [1.807, 2.05) is 41.5 Å². The molecule has 0 heterocycles. The summed E-state index contributed by atoms with van der Waals surface area (Å²) in [5.41, 5.74) is -0.536. The van der Waals surface area contributed by atoms with Crippen LogP contribution in [0.25, 0.3) is 0 Å². The van der Waals surface area contributed by atoms with Crippen LogP contribution in [0, 0.1) is 5.92 Å². The molecule has 0 saturated heterocycles. The van der Waals surface area contributed by atoms with Crippen LogP contribution < -0.4 is 5.32 Å². The molecule has 16 heavy (non-hydrogen) atoms. The summed E-state index contributed by atoms with van der Waals surface area (Å²) in [5.74, 6) is 0.290. The molecule has 0 aliphatic carbocycles. The number of hydrogen-bond donors (Lipinski definition) is 1. The second kappa shape index (κ2) is 6.14. The highest BCUT2D eigenvalue weighted by atomic mass is 16.1. The van der Waals surface area contributed by atoms with E-state index in [1.165, 1.54) is 0 Å². The van der Waals surface area contributed by atoms with Gasteiger partial charge in [-0.25, -0.2) is 0 Å². The van der Waals surface area contributed by atoms with Crippen LogP contribution in [0.4, 0.5) is 0 Å². The fraction of sp³-hybridized carbons (Fsp3) is 0.846. The SMILES string of the molecule is CC(C)NC(C)(C)C(=O)CCC(=O)C(C)C. The Morgan fingerprint density at radius 3 is 1.94 bits per heavy atom. The van der Waals surface area contributed by atoms with Crippen LogP contribution in [0.3, 0.4) is 0 Å². The molecule has 0 aromatic rings. The lowest BCUT2D eigenvalue weighted by atomic mass is 9.92. The normalized spacial score (nSPS) is 12.2. The Hall–Kier alpha value is -0.700. The van der Waals surface area contributed by atoms with Crippen LogP contribution in [0.1, 0.15) is 54.4 Å². The third-order valence-electron chi connectivity index (χ3n) is 2.59. The number of Topliss-reactive ketones (excluding diaryl/α,β-unsaturated/α-hetero) is 2. The van der Waals surface area contributed by atoms with E-state index in [1.54, 1.807) is 0 Å². The van der Waals surface area contributed by atoms with Gasteiger partial charge in [0.1, 0.15) is 5.78 Å². The van der Waals surface area contributed by atoms with Gasteiger partial charge in [-0.05, 0) is 27.7 Å². The first kappa shape index (κ1) is 15.3. The Labute approximate surface area is 99.0 Å². The van der Waals surface area contributed by atoms with Crippen LogP contribution in [-0.4, -0.2) is 23.1 Å². The van der Waals surface area contributed by atoms with E-state index in [0.717, 1.165) is 0 Å². The van der Waals surface area contributed by atoms with E-state index in [2.05, 4.69) is 5.32 Å². The third kappa shape index (κ3) is 5.40. The molecule has 3 heteroatoms. The molecule has 0 spiro atoms. The molecule has 0 atom stereocenters. The van der Waals surface area contributed by atoms with Gasteiger partial charge < -0.3 is 5.32 Å². The number of ketones is 2. The van der Waals surface area contributed by atoms with Gasteiger partial charge in [0.25, 0.3) is 0 Å². The summed E-state index contributed by atoms with van der Waals surface area (Å²) in [5, 5.41) is 3.21. The minimum atomic E-state index is -0.536. The fourth-order valence-electron chi connectivity index (χ4n) is 1.64. The van der Waals surface area contributed by atoms with Gasteiger partial charge in [0.05, 0.1) is 5.54 Å². The molecule has 94 valence electrons. The van der Waals surface area contributed by atoms with Crippen molar-refractivity contribution in [3.63, 3.8) is 0 Å². The monoisotopic (exact) mass is 227 g/mol. The van der Waals surface area contributed by atoms with Gasteiger partial charge in [0, 0.05) is 24.8 Å². The second-order valence-electron chi connectivity index (χ2n) is 5.47. The summed E-state index contributed by atoms with van der Waals surface area (Å²) >= 11 is 0. The molecular weight excluding hydrogens is 202 g/mol. The molecular formula is C13H25NO2. The van der Waals surface area contributed by atoms with Crippen LogP contribution in [0.2, 0.25) is 0 Å². The highest BCUT2D eigenvalue weighted by Gasteiger charge is 2.27. The van der Waals surface area contributed by atoms with Crippen molar-refractivity contribution in [2.75, 3.05) is 0 Å². The highest BCUT2D eigenvalue weighted by molar-refractivity contribution is 5.91. The second-order valence-corrected chi connectivity index (χ2v) is 5.47. The van der Waals surface area contributed by atoms with Crippen molar-refractivity contribution in [2.24, 2.45) is 5.92 Å². The molecule has 0 bridgehead atoms. The lowest BCUT2D eigenvalue weighted by Gasteiger charge is -2.27. The van der Waals surface area contributed by atoms with Gasteiger partial charge in [-0.2, -0.15) is 0 Å². The zero-order valence-corrected chi connectivity index (χ0v) is 11.4. The van der Waals surface area contributed by atoms with Crippen molar-refractivity contribution in [3.05, 3.63) is 0 Å². The van der Waals surface area contributed by atoms with E-state index in [-0.39, 0.29) is 23.5 Å². The first-order chi connectivity index (χ1) is 7.16. The van der Waals surface area contributed by atoms with Gasteiger partial charge in [0.15, 0.2) is 5.78 Å². The van der Waals surface area contributed by atoms with E-state index in [9.17, 15) is 9.59 Å². The molecule has 0 aliphatic rings. The van der Waals surface area contributed by atoms with Crippen LogP contribution in [-0.2, 0) is 9.59 Å². The Morgan fingerprint density at radius 2 is 1.56 bits per heavy atom. The first-order valence-electron chi connectivity index (χ1n) is 6.00. The quantitative estimate of drug-likeness (QED) is 0.726. The first-order valence-corrected chi connectivity index (χ1v) is 6.00. The molecule has 0 aromatic carbocycles. The molecule has 0 unspecified atom stereocenters.